The number of anilines is 1. The van der Waals surface area contributed by atoms with Crippen LogP contribution in [0.15, 0.2) is 28.9 Å². The summed E-state index contributed by atoms with van der Waals surface area (Å²) < 4.78 is 5.77. The molecule has 1 aromatic heterocycles. The Morgan fingerprint density at radius 1 is 1.42 bits per heavy atom. The van der Waals surface area contributed by atoms with Crippen LogP contribution in [0.1, 0.15) is 5.56 Å². The first-order valence-corrected chi connectivity index (χ1v) is 5.98. The van der Waals surface area contributed by atoms with E-state index < -0.39 is 4.92 Å². The number of nitro groups is 1. The van der Waals surface area contributed by atoms with E-state index in [1.807, 2.05) is 0 Å². The zero-order valence-corrected chi connectivity index (χ0v) is 11.4. The fraction of sp³-hybridized carbons (Fsp3) is 0.0909. The second-order valence-electron chi connectivity index (χ2n) is 3.68. The molecule has 2 aromatic rings. The Morgan fingerprint density at radius 2 is 2.16 bits per heavy atom. The highest BCUT2D eigenvalue weighted by Crippen LogP contribution is 2.33. The average Bonchev–Trinajstić information content (AvgIpc) is 2.26. The van der Waals surface area contributed by atoms with Crippen LogP contribution >= 0.6 is 15.9 Å². The molecular formula is C11H9BrN4O3. The Bertz CT molecular complexity index is 628. The monoisotopic (exact) mass is 324 g/mol. The highest BCUT2D eigenvalue weighted by molar-refractivity contribution is 9.10. The maximum atomic E-state index is 11.0. The zero-order valence-electron chi connectivity index (χ0n) is 9.83. The number of aryl methyl sites for hydroxylation is 1. The number of para-hydroxylation sites is 1. The summed E-state index contributed by atoms with van der Waals surface area (Å²) in [4.78, 5) is 18.3. The van der Waals surface area contributed by atoms with Crippen molar-refractivity contribution < 1.29 is 9.66 Å². The van der Waals surface area contributed by atoms with E-state index in [-0.39, 0.29) is 23.3 Å². The molecule has 19 heavy (non-hydrogen) atoms. The van der Waals surface area contributed by atoms with Crippen LogP contribution in [0.2, 0.25) is 0 Å². The van der Waals surface area contributed by atoms with Gasteiger partial charge in [-0.25, -0.2) is 0 Å². The number of nitrogens with two attached hydrogens (primary N) is 1. The molecule has 0 aliphatic rings. The van der Waals surface area contributed by atoms with Crippen LogP contribution in [0.5, 0.6) is 11.8 Å². The van der Waals surface area contributed by atoms with Gasteiger partial charge in [-0.1, -0.05) is 12.1 Å². The lowest BCUT2D eigenvalue weighted by Crippen LogP contribution is -2.00. The summed E-state index contributed by atoms with van der Waals surface area (Å²) >= 11 is 3.14. The van der Waals surface area contributed by atoms with Crippen molar-refractivity contribution in [3.63, 3.8) is 0 Å². The van der Waals surface area contributed by atoms with Gasteiger partial charge in [0.25, 0.3) is 0 Å². The van der Waals surface area contributed by atoms with Crippen LogP contribution in [-0.4, -0.2) is 14.9 Å². The summed E-state index contributed by atoms with van der Waals surface area (Å²) in [5.74, 6) is 0.273. The second-order valence-corrected chi connectivity index (χ2v) is 4.49. The Kier molecular flexibility index (Phi) is 3.61. The van der Waals surface area contributed by atoms with Crippen molar-refractivity contribution in [1.29, 1.82) is 0 Å². The standard InChI is InChI=1S/C11H9BrN4O3/c1-6-3-2-4-7(10(6)16(17)18)19-11-14-8(12)5-9(13)15-11/h2-5H,1H3,(H2,13,14,15). The maximum absolute atomic E-state index is 11.0. The number of rotatable bonds is 3. The van der Waals surface area contributed by atoms with E-state index in [9.17, 15) is 10.1 Å². The number of ether oxygens (including phenoxy) is 1. The van der Waals surface area contributed by atoms with E-state index in [1.165, 1.54) is 12.1 Å². The first-order chi connectivity index (χ1) is 8.97. The van der Waals surface area contributed by atoms with Crippen molar-refractivity contribution in [2.75, 3.05) is 5.73 Å². The molecule has 8 heteroatoms. The van der Waals surface area contributed by atoms with E-state index in [1.54, 1.807) is 19.1 Å². The van der Waals surface area contributed by atoms with Crippen LogP contribution in [0.25, 0.3) is 0 Å². The van der Waals surface area contributed by atoms with Crippen LogP contribution in [0.4, 0.5) is 11.5 Å². The SMILES string of the molecule is Cc1cccc(Oc2nc(N)cc(Br)n2)c1[N+](=O)[O-]. The summed E-state index contributed by atoms with van der Waals surface area (Å²) in [6.45, 7) is 1.63. The summed E-state index contributed by atoms with van der Waals surface area (Å²) in [6, 6.07) is 6.20. The summed E-state index contributed by atoms with van der Waals surface area (Å²) in [6.07, 6.45) is 0. The molecule has 0 aliphatic carbocycles. The molecule has 98 valence electrons. The fourth-order valence-electron chi connectivity index (χ4n) is 1.51. The molecule has 0 radical (unpaired) electrons. The van der Waals surface area contributed by atoms with E-state index >= 15 is 0 Å². The van der Waals surface area contributed by atoms with Gasteiger partial charge in [0, 0.05) is 11.6 Å². The van der Waals surface area contributed by atoms with Gasteiger partial charge >= 0.3 is 11.7 Å². The highest BCUT2D eigenvalue weighted by atomic mass is 79.9. The first kappa shape index (κ1) is 13.2. The van der Waals surface area contributed by atoms with Crippen LogP contribution < -0.4 is 10.5 Å². The number of hydrogen-bond donors (Lipinski definition) is 1. The lowest BCUT2D eigenvalue weighted by Gasteiger charge is -2.06. The molecule has 0 saturated heterocycles. The van der Waals surface area contributed by atoms with Gasteiger partial charge in [-0.15, -0.1) is 0 Å². The summed E-state index contributed by atoms with van der Waals surface area (Å²) in [5, 5.41) is 11.0. The third kappa shape index (κ3) is 2.97. The van der Waals surface area contributed by atoms with Gasteiger partial charge in [-0.2, -0.15) is 9.97 Å². The molecule has 0 unspecified atom stereocenters. The Labute approximate surface area is 116 Å². The number of nitrogens with zero attached hydrogens (tertiary/aromatic N) is 3. The number of hydrogen-bond acceptors (Lipinski definition) is 6. The van der Waals surface area contributed by atoms with Gasteiger partial charge in [-0.3, -0.25) is 10.1 Å². The van der Waals surface area contributed by atoms with Gasteiger partial charge in [0.2, 0.25) is 5.75 Å². The largest absolute Gasteiger partial charge is 0.417 e. The molecule has 0 spiro atoms. The van der Waals surface area contributed by atoms with Crippen molar-refractivity contribution in [2.45, 2.75) is 6.92 Å². The van der Waals surface area contributed by atoms with E-state index in [2.05, 4.69) is 25.9 Å². The van der Waals surface area contributed by atoms with E-state index in [0.29, 0.717) is 10.2 Å². The van der Waals surface area contributed by atoms with Crippen LogP contribution in [0.3, 0.4) is 0 Å². The lowest BCUT2D eigenvalue weighted by atomic mass is 10.2. The minimum absolute atomic E-state index is 0.0550. The summed E-state index contributed by atoms with van der Waals surface area (Å²) in [7, 11) is 0. The number of benzene rings is 1. The Morgan fingerprint density at radius 3 is 2.79 bits per heavy atom. The van der Waals surface area contributed by atoms with Crippen LogP contribution in [-0.2, 0) is 0 Å². The molecule has 0 atom stereocenters. The summed E-state index contributed by atoms with van der Waals surface area (Å²) in [5.41, 5.74) is 5.92. The van der Waals surface area contributed by atoms with E-state index in [0.717, 1.165) is 0 Å². The quantitative estimate of drug-likeness (QED) is 0.528. The fourth-order valence-corrected chi connectivity index (χ4v) is 1.89. The Balaban J connectivity index is 2.43. The van der Waals surface area contributed by atoms with Crippen molar-refractivity contribution in [1.82, 2.24) is 9.97 Å². The molecule has 2 N–H and O–H groups in total. The lowest BCUT2D eigenvalue weighted by molar-refractivity contribution is -0.386. The number of aromatic nitrogens is 2. The molecular weight excluding hydrogens is 316 g/mol. The minimum atomic E-state index is -0.508. The smallest absolute Gasteiger partial charge is 0.325 e. The van der Waals surface area contributed by atoms with Gasteiger partial charge in [0.15, 0.2) is 0 Å². The zero-order chi connectivity index (χ0) is 14.0. The molecule has 0 bridgehead atoms. The van der Waals surface area contributed by atoms with Gasteiger partial charge in [0.1, 0.15) is 10.4 Å². The molecule has 0 saturated carbocycles. The highest BCUT2D eigenvalue weighted by Gasteiger charge is 2.19. The van der Waals surface area contributed by atoms with Crippen molar-refractivity contribution in [3.05, 3.63) is 44.5 Å². The normalized spacial score (nSPS) is 10.2. The molecule has 0 aliphatic heterocycles. The molecule has 1 heterocycles. The molecule has 2 rings (SSSR count). The topological polar surface area (TPSA) is 104 Å². The Hall–Kier alpha value is -2.22. The van der Waals surface area contributed by atoms with Crippen molar-refractivity contribution in [3.8, 4) is 11.8 Å². The molecule has 1 aromatic carbocycles. The predicted octanol–water partition coefficient (Wildman–Crippen LogP) is 2.83. The minimum Gasteiger partial charge on any atom is -0.417 e. The van der Waals surface area contributed by atoms with Crippen molar-refractivity contribution >= 4 is 27.4 Å². The van der Waals surface area contributed by atoms with Crippen LogP contribution in [0, 0.1) is 17.0 Å². The molecule has 0 amide bonds. The average molecular weight is 325 g/mol. The maximum Gasteiger partial charge on any atom is 0.325 e. The second kappa shape index (κ2) is 5.19. The predicted molar refractivity (Wildman–Crippen MR) is 72.1 cm³/mol. The van der Waals surface area contributed by atoms with Gasteiger partial charge in [-0.05, 0) is 28.9 Å². The van der Waals surface area contributed by atoms with Gasteiger partial charge in [0.05, 0.1) is 4.92 Å². The van der Waals surface area contributed by atoms with Gasteiger partial charge < -0.3 is 10.5 Å². The third-order valence-electron chi connectivity index (χ3n) is 2.28. The van der Waals surface area contributed by atoms with Crippen molar-refractivity contribution in [2.24, 2.45) is 0 Å². The number of halogens is 1. The third-order valence-corrected chi connectivity index (χ3v) is 2.68. The number of nitrogen functional groups attached to an aromatic ring is 1. The molecule has 0 fully saturated rings. The number of nitro benzene ring substituents is 1. The molecule has 7 nitrogen and oxygen atoms in total. The van der Waals surface area contributed by atoms with E-state index in [4.69, 9.17) is 10.5 Å². The first-order valence-electron chi connectivity index (χ1n) is 5.19.